The molecule has 0 spiro atoms. The highest BCUT2D eigenvalue weighted by Gasteiger charge is 2.53. The fraction of sp³-hybridized carbons (Fsp3) is 0.855. The summed E-state index contributed by atoms with van der Waals surface area (Å²) in [7, 11) is 0. The Hall–Kier alpha value is -2.51. The van der Waals surface area contributed by atoms with E-state index >= 15 is 0 Å². The van der Waals surface area contributed by atoms with Crippen molar-refractivity contribution >= 4 is 5.91 Å². The summed E-state index contributed by atoms with van der Waals surface area (Å²) >= 11 is 0. The second kappa shape index (κ2) is 57.2. The first kappa shape index (κ1) is 86.7. The molecule has 3 aliphatic rings. The van der Waals surface area contributed by atoms with Gasteiger partial charge in [0.1, 0.15) is 73.2 Å². The maximum absolute atomic E-state index is 13.5. The first-order valence-corrected chi connectivity index (χ1v) is 38.0. The molecule has 3 aliphatic heterocycles. The van der Waals surface area contributed by atoms with Gasteiger partial charge in [-0.1, -0.05) is 280 Å². The second-order valence-electron chi connectivity index (χ2n) is 27.1. The molecule has 3 heterocycles. The molecule has 3 fully saturated rings. The van der Waals surface area contributed by atoms with Crippen molar-refractivity contribution < 1.29 is 89.4 Å². The fourth-order valence-electron chi connectivity index (χ4n) is 12.8. The van der Waals surface area contributed by atoms with E-state index in [1.165, 1.54) is 161 Å². The monoisotopic (exact) mass is 1350 g/mol. The predicted molar refractivity (Wildman–Crippen MR) is 374 cm³/mol. The van der Waals surface area contributed by atoms with Crippen LogP contribution in [0.1, 0.15) is 284 Å². The molecule has 0 aliphatic carbocycles. The number of rotatable bonds is 59. The van der Waals surface area contributed by atoms with Gasteiger partial charge in [0.05, 0.1) is 38.6 Å². The third-order valence-corrected chi connectivity index (χ3v) is 18.9. The van der Waals surface area contributed by atoms with Gasteiger partial charge >= 0.3 is 0 Å². The number of hydrogen-bond donors (Lipinski definition) is 12. The summed E-state index contributed by atoms with van der Waals surface area (Å²) in [6.07, 6.45) is 44.3. The number of hydrogen-bond acceptors (Lipinski definition) is 18. The second-order valence-corrected chi connectivity index (χ2v) is 27.1. The Kier molecular flexibility index (Phi) is 52.2. The molecule has 1 amide bonds. The first-order valence-electron chi connectivity index (χ1n) is 38.0. The van der Waals surface area contributed by atoms with Crippen LogP contribution in [-0.4, -0.2) is 193 Å². The molecule has 0 saturated carbocycles. The summed E-state index contributed by atoms with van der Waals surface area (Å²) in [5.74, 6) is -0.248. The Labute approximate surface area is 573 Å². The normalized spacial score (nSPS) is 27.5. The summed E-state index contributed by atoms with van der Waals surface area (Å²) < 4.78 is 34.5. The number of unbranched alkanes of at least 4 members (excludes halogenated alkanes) is 33. The van der Waals surface area contributed by atoms with E-state index in [1.54, 1.807) is 0 Å². The van der Waals surface area contributed by atoms with Gasteiger partial charge in [-0.25, -0.2) is 0 Å². The number of carbonyl (C=O) groups is 1. The lowest BCUT2D eigenvalue weighted by Crippen LogP contribution is -2.66. The molecule has 12 N–H and O–H groups in total. The molecule has 0 radical (unpaired) electrons. The lowest BCUT2D eigenvalue weighted by Gasteiger charge is -2.48. The average Bonchev–Trinajstić information content (AvgIpc) is 0.787. The average molecular weight is 1350 g/mol. The van der Waals surface area contributed by atoms with Crippen molar-refractivity contribution in [2.45, 2.75) is 388 Å². The zero-order chi connectivity index (χ0) is 68.9. The van der Waals surface area contributed by atoms with Crippen molar-refractivity contribution in [3.63, 3.8) is 0 Å². The standard InChI is InChI=1S/C76H137NO18/c1-3-5-7-9-11-13-15-17-19-21-23-25-27-29-31-33-35-37-39-41-43-45-47-49-51-53-60(81)59(77-64(82)54-52-50-48-46-44-42-40-38-36-34-32-30-28-26-24-22-20-18-16-14-12-10-8-6-4-2)58-90-74-70(88)67(85)72(62(56-79)92-74)95-76-71(89)68(86)73(63(57-80)93-76)94-75-69(87)66(84)65(83)61(55-78)91-75/h6,8,12,14,18,20,24,26,30,32,59-63,65-76,78-81,83-89H,3-5,7,9-11,13,15-17,19,21-23,25,27-29,31,33-58H2,1-2H3,(H,77,82)/b8-6-,14-12-,20-18-,26-24-,32-30-. The number of ether oxygens (including phenoxy) is 6. The van der Waals surface area contributed by atoms with Crippen molar-refractivity contribution in [2.75, 3.05) is 26.4 Å². The summed E-state index contributed by atoms with van der Waals surface area (Å²) in [6.45, 7) is 1.71. The van der Waals surface area contributed by atoms with Crippen LogP contribution in [0.15, 0.2) is 60.8 Å². The largest absolute Gasteiger partial charge is 0.394 e. The lowest BCUT2D eigenvalue weighted by atomic mass is 9.96. The summed E-state index contributed by atoms with van der Waals surface area (Å²) in [4.78, 5) is 13.5. The van der Waals surface area contributed by atoms with Gasteiger partial charge in [0.15, 0.2) is 18.9 Å². The molecule has 554 valence electrons. The quantitative estimate of drug-likeness (QED) is 0.0199. The van der Waals surface area contributed by atoms with Gasteiger partial charge in [-0.05, 0) is 57.8 Å². The van der Waals surface area contributed by atoms with Crippen LogP contribution >= 0.6 is 0 Å². The smallest absolute Gasteiger partial charge is 0.220 e. The predicted octanol–water partition coefficient (Wildman–Crippen LogP) is 11.5. The molecule has 0 aromatic rings. The van der Waals surface area contributed by atoms with Gasteiger partial charge in [0.2, 0.25) is 5.91 Å². The van der Waals surface area contributed by atoms with Crippen molar-refractivity contribution in [1.29, 1.82) is 0 Å². The molecule has 19 heteroatoms. The molecule has 95 heavy (non-hydrogen) atoms. The van der Waals surface area contributed by atoms with Crippen molar-refractivity contribution in [2.24, 2.45) is 0 Å². The Balaban J connectivity index is 1.40. The van der Waals surface area contributed by atoms with Gasteiger partial charge in [0, 0.05) is 6.42 Å². The Morgan fingerprint density at radius 3 is 1.14 bits per heavy atom. The molecule has 19 nitrogen and oxygen atoms in total. The molecule has 0 aromatic carbocycles. The van der Waals surface area contributed by atoms with Crippen LogP contribution in [0.5, 0.6) is 0 Å². The minimum absolute atomic E-state index is 0.248. The lowest BCUT2D eigenvalue weighted by molar-refractivity contribution is -0.379. The van der Waals surface area contributed by atoms with E-state index in [1.807, 2.05) is 0 Å². The SMILES string of the molecule is CC/C=C\C/C=C\C/C=C\C/C=C\C/C=C\CCCCCCCCCCCC(=O)NC(COC1OC(CO)C(OC2OC(CO)C(OC3OC(CO)C(O)C(O)C3O)C(O)C2O)C(O)C1O)C(O)CCCCCCCCCCCCCCCCCCCCCCCCCCC. The molecule has 0 bridgehead atoms. The maximum atomic E-state index is 13.5. The first-order chi connectivity index (χ1) is 46.3. The third kappa shape index (κ3) is 38.2. The van der Waals surface area contributed by atoms with Gasteiger partial charge in [0.25, 0.3) is 0 Å². The van der Waals surface area contributed by atoms with Gasteiger partial charge in [-0.3, -0.25) is 4.79 Å². The molecule has 3 saturated heterocycles. The van der Waals surface area contributed by atoms with Gasteiger partial charge in [-0.2, -0.15) is 0 Å². The molecule has 3 rings (SSSR count). The van der Waals surface area contributed by atoms with Crippen LogP contribution in [0.4, 0.5) is 0 Å². The Morgan fingerprint density at radius 2 is 0.726 bits per heavy atom. The van der Waals surface area contributed by atoms with E-state index in [0.717, 1.165) is 89.9 Å². The van der Waals surface area contributed by atoms with Crippen LogP contribution in [0.3, 0.4) is 0 Å². The van der Waals surface area contributed by atoms with Gasteiger partial charge in [-0.15, -0.1) is 0 Å². The van der Waals surface area contributed by atoms with E-state index in [0.29, 0.717) is 12.8 Å². The molecule has 0 aromatic heterocycles. The van der Waals surface area contributed by atoms with Crippen molar-refractivity contribution in [3.05, 3.63) is 60.8 Å². The van der Waals surface area contributed by atoms with E-state index in [9.17, 15) is 61.0 Å². The van der Waals surface area contributed by atoms with Crippen LogP contribution in [0.2, 0.25) is 0 Å². The maximum Gasteiger partial charge on any atom is 0.220 e. The van der Waals surface area contributed by atoms with Crippen LogP contribution in [0.25, 0.3) is 0 Å². The Bertz CT molecular complexity index is 1950. The van der Waals surface area contributed by atoms with Crippen molar-refractivity contribution in [1.82, 2.24) is 5.32 Å². The summed E-state index contributed by atoms with van der Waals surface area (Å²) in [6, 6.07) is -0.895. The highest BCUT2D eigenvalue weighted by atomic mass is 16.8. The highest BCUT2D eigenvalue weighted by Crippen LogP contribution is 2.33. The molecular weight excluding hydrogens is 1210 g/mol. The van der Waals surface area contributed by atoms with E-state index in [2.05, 4.69) is 79.9 Å². The Morgan fingerprint density at radius 1 is 0.389 bits per heavy atom. The van der Waals surface area contributed by atoms with Crippen LogP contribution < -0.4 is 5.32 Å². The van der Waals surface area contributed by atoms with Gasteiger partial charge < -0.3 is 89.9 Å². The number of carbonyl (C=O) groups excluding carboxylic acids is 1. The van der Waals surface area contributed by atoms with E-state index in [4.69, 9.17) is 28.4 Å². The fourth-order valence-corrected chi connectivity index (χ4v) is 12.8. The van der Waals surface area contributed by atoms with Crippen LogP contribution in [-0.2, 0) is 33.2 Å². The number of allylic oxidation sites excluding steroid dienone is 10. The van der Waals surface area contributed by atoms with Crippen molar-refractivity contribution in [3.8, 4) is 0 Å². The van der Waals surface area contributed by atoms with E-state index in [-0.39, 0.29) is 18.9 Å². The topological polar surface area (TPSA) is 307 Å². The zero-order valence-corrected chi connectivity index (χ0v) is 58.9. The number of nitrogens with one attached hydrogen (secondary N) is 1. The minimum Gasteiger partial charge on any atom is -0.394 e. The molecule has 17 atom stereocenters. The highest BCUT2D eigenvalue weighted by molar-refractivity contribution is 5.76. The summed E-state index contributed by atoms with van der Waals surface area (Å²) in [5, 5.41) is 121. The number of amides is 1. The number of aliphatic hydroxyl groups is 11. The molecular formula is C76H137NO18. The third-order valence-electron chi connectivity index (χ3n) is 18.9. The number of aliphatic hydroxyl groups excluding tert-OH is 11. The summed E-state index contributed by atoms with van der Waals surface area (Å²) in [5.41, 5.74) is 0. The molecule has 17 unspecified atom stereocenters. The van der Waals surface area contributed by atoms with Crippen LogP contribution in [0, 0.1) is 0 Å². The zero-order valence-electron chi connectivity index (χ0n) is 58.9. The van der Waals surface area contributed by atoms with E-state index < -0.39 is 124 Å². The minimum atomic E-state index is -1.98.